The third kappa shape index (κ3) is 3.24. The van der Waals surface area contributed by atoms with Crippen LogP contribution >= 0.6 is 0 Å². The van der Waals surface area contributed by atoms with E-state index in [2.05, 4.69) is 34.5 Å². The zero-order chi connectivity index (χ0) is 14.8. The number of hydrogen-bond donors (Lipinski definition) is 1. The first-order chi connectivity index (χ1) is 10.1. The molecule has 3 heteroatoms. The van der Waals surface area contributed by atoms with Gasteiger partial charge in [0.05, 0.1) is 0 Å². The minimum atomic E-state index is 0.0343. The summed E-state index contributed by atoms with van der Waals surface area (Å²) in [4.78, 5) is 14.0. The van der Waals surface area contributed by atoms with Gasteiger partial charge in [0, 0.05) is 31.4 Å². The molecule has 1 aliphatic rings. The Morgan fingerprint density at radius 2 is 1.48 bits per heavy atom. The van der Waals surface area contributed by atoms with Crippen LogP contribution < -0.4 is 10.2 Å². The van der Waals surface area contributed by atoms with E-state index >= 15 is 0 Å². The maximum absolute atomic E-state index is 11.9. The van der Waals surface area contributed by atoms with E-state index < -0.39 is 0 Å². The lowest BCUT2D eigenvalue weighted by Gasteiger charge is -2.12. The van der Waals surface area contributed by atoms with Gasteiger partial charge in [-0.05, 0) is 48.2 Å². The molecule has 0 aliphatic heterocycles. The molecule has 1 saturated carbocycles. The quantitative estimate of drug-likeness (QED) is 0.932. The van der Waals surface area contributed by atoms with Gasteiger partial charge in [-0.1, -0.05) is 24.3 Å². The lowest BCUT2D eigenvalue weighted by molar-refractivity contribution is 0.0951. The van der Waals surface area contributed by atoms with E-state index in [-0.39, 0.29) is 5.91 Å². The van der Waals surface area contributed by atoms with E-state index in [4.69, 9.17) is 0 Å². The number of amides is 1. The highest BCUT2D eigenvalue weighted by Crippen LogP contribution is 2.23. The molecule has 0 radical (unpaired) electrons. The first-order valence-electron chi connectivity index (χ1n) is 7.32. The van der Waals surface area contributed by atoms with E-state index in [0.717, 1.165) is 29.5 Å². The number of hydrogen-bond acceptors (Lipinski definition) is 2. The van der Waals surface area contributed by atoms with Crippen molar-refractivity contribution in [2.24, 2.45) is 0 Å². The molecule has 0 bridgehead atoms. The molecule has 0 spiro atoms. The van der Waals surface area contributed by atoms with Crippen LogP contribution in [0.5, 0.6) is 0 Å². The lowest BCUT2D eigenvalue weighted by Crippen LogP contribution is -2.25. The standard InChI is InChI=1S/C18H20N2O/c1-20(2)17-11-7-14(8-12-17)13-3-5-15(6-4-13)18(21)19-16-9-10-16/h3-8,11-12,16H,9-10H2,1-2H3,(H,19,21). The average Bonchev–Trinajstić information content (AvgIpc) is 3.31. The second-order valence-electron chi connectivity index (χ2n) is 5.77. The van der Waals surface area contributed by atoms with Gasteiger partial charge in [0.2, 0.25) is 0 Å². The molecule has 1 aliphatic carbocycles. The number of rotatable bonds is 4. The smallest absolute Gasteiger partial charge is 0.251 e. The number of benzene rings is 2. The van der Waals surface area contributed by atoms with Crippen molar-refractivity contribution < 1.29 is 4.79 Å². The molecule has 1 N–H and O–H groups in total. The van der Waals surface area contributed by atoms with Gasteiger partial charge < -0.3 is 10.2 Å². The van der Waals surface area contributed by atoms with Gasteiger partial charge in [0.1, 0.15) is 0 Å². The highest BCUT2D eigenvalue weighted by Gasteiger charge is 2.23. The third-order valence-corrected chi connectivity index (χ3v) is 3.78. The Morgan fingerprint density at radius 3 is 1.95 bits per heavy atom. The summed E-state index contributed by atoms with van der Waals surface area (Å²) in [5.74, 6) is 0.0343. The topological polar surface area (TPSA) is 32.3 Å². The van der Waals surface area contributed by atoms with Crippen LogP contribution in [0.4, 0.5) is 5.69 Å². The van der Waals surface area contributed by atoms with Crippen LogP contribution in [0.2, 0.25) is 0 Å². The largest absolute Gasteiger partial charge is 0.378 e. The van der Waals surface area contributed by atoms with E-state index in [0.29, 0.717) is 6.04 Å². The van der Waals surface area contributed by atoms with E-state index in [1.54, 1.807) is 0 Å². The van der Waals surface area contributed by atoms with Crippen molar-refractivity contribution in [2.75, 3.05) is 19.0 Å². The predicted octanol–water partition coefficient (Wildman–Crippen LogP) is 3.31. The molecule has 3 nitrogen and oxygen atoms in total. The van der Waals surface area contributed by atoms with Gasteiger partial charge in [0.25, 0.3) is 5.91 Å². The van der Waals surface area contributed by atoms with Crippen LogP contribution in [0.3, 0.4) is 0 Å². The average molecular weight is 280 g/mol. The molecule has 1 amide bonds. The van der Waals surface area contributed by atoms with Crippen molar-refractivity contribution in [3.8, 4) is 11.1 Å². The SMILES string of the molecule is CN(C)c1ccc(-c2ccc(C(=O)NC3CC3)cc2)cc1. The molecular formula is C18H20N2O. The van der Waals surface area contributed by atoms with E-state index in [9.17, 15) is 4.79 Å². The maximum Gasteiger partial charge on any atom is 0.251 e. The molecule has 21 heavy (non-hydrogen) atoms. The molecule has 0 atom stereocenters. The van der Waals surface area contributed by atoms with Gasteiger partial charge in [-0.2, -0.15) is 0 Å². The summed E-state index contributed by atoms with van der Waals surface area (Å²) in [6.07, 6.45) is 2.23. The molecule has 2 aromatic carbocycles. The fourth-order valence-corrected chi connectivity index (χ4v) is 2.26. The third-order valence-electron chi connectivity index (χ3n) is 3.78. The van der Waals surface area contributed by atoms with Gasteiger partial charge >= 0.3 is 0 Å². The van der Waals surface area contributed by atoms with Crippen molar-refractivity contribution in [1.29, 1.82) is 0 Å². The first-order valence-corrected chi connectivity index (χ1v) is 7.32. The molecule has 0 unspecified atom stereocenters. The van der Waals surface area contributed by atoms with Crippen molar-refractivity contribution >= 4 is 11.6 Å². The summed E-state index contributed by atoms with van der Waals surface area (Å²) in [7, 11) is 4.06. The number of nitrogens with zero attached hydrogens (tertiary/aromatic N) is 1. The molecule has 2 aromatic rings. The first kappa shape index (κ1) is 13.7. The normalized spacial score (nSPS) is 13.8. The van der Waals surface area contributed by atoms with Crippen molar-refractivity contribution in [2.45, 2.75) is 18.9 Å². The molecule has 0 heterocycles. The highest BCUT2D eigenvalue weighted by atomic mass is 16.1. The van der Waals surface area contributed by atoms with Gasteiger partial charge in [-0.15, -0.1) is 0 Å². The zero-order valence-electron chi connectivity index (χ0n) is 12.5. The Kier molecular flexibility index (Phi) is 3.65. The Hall–Kier alpha value is -2.29. The molecule has 0 aromatic heterocycles. The molecule has 3 rings (SSSR count). The fraction of sp³-hybridized carbons (Fsp3) is 0.278. The van der Waals surface area contributed by atoms with Gasteiger partial charge in [0.15, 0.2) is 0 Å². The summed E-state index contributed by atoms with van der Waals surface area (Å²) < 4.78 is 0. The van der Waals surface area contributed by atoms with Crippen LogP contribution in [-0.2, 0) is 0 Å². The lowest BCUT2D eigenvalue weighted by atomic mass is 10.0. The summed E-state index contributed by atoms with van der Waals surface area (Å²) in [5, 5.41) is 3.00. The van der Waals surface area contributed by atoms with Crippen LogP contribution in [0.1, 0.15) is 23.2 Å². The summed E-state index contributed by atoms with van der Waals surface area (Å²) in [6.45, 7) is 0. The molecule has 1 fully saturated rings. The molecular weight excluding hydrogens is 260 g/mol. The fourth-order valence-electron chi connectivity index (χ4n) is 2.26. The van der Waals surface area contributed by atoms with Crippen molar-refractivity contribution in [1.82, 2.24) is 5.32 Å². The summed E-state index contributed by atoms with van der Waals surface area (Å²) in [5.41, 5.74) is 4.20. The zero-order valence-corrected chi connectivity index (χ0v) is 12.5. The van der Waals surface area contributed by atoms with Crippen LogP contribution in [0.25, 0.3) is 11.1 Å². The van der Waals surface area contributed by atoms with E-state index in [1.807, 2.05) is 38.4 Å². The minimum absolute atomic E-state index is 0.0343. The Balaban J connectivity index is 1.75. The Bertz CT molecular complexity index is 625. The number of anilines is 1. The number of nitrogens with one attached hydrogen (secondary N) is 1. The van der Waals surface area contributed by atoms with Gasteiger partial charge in [-0.3, -0.25) is 4.79 Å². The monoisotopic (exact) mass is 280 g/mol. The second kappa shape index (κ2) is 5.60. The minimum Gasteiger partial charge on any atom is -0.378 e. The molecule has 108 valence electrons. The van der Waals surface area contributed by atoms with E-state index in [1.165, 1.54) is 5.69 Å². The Morgan fingerprint density at radius 1 is 0.952 bits per heavy atom. The predicted molar refractivity (Wildman–Crippen MR) is 86.7 cm³/mol. The Labute approximate surface area is 125 Å². The summed E-state index contributed by atoms with van der Waals surface area (Å²) >= 11 is 0. The van der Waals surface area contributed by atoms with Crippen LogP contribution in [0, 0.1) is 0 Å². The number of carbonyl (C=O) groups excluding carboxylic acids is 1. The van der Waals surface area contributed by atoms with Crippen molar-refractivity contribution in [3.05, 3.63) is 54.1 Å². The molecule has 0 saturated heterocycles. The second-order valence-corrected chi connectivity index (χ2v) is 5.77. The van der Waals surface area contributed by atoms with Crippen LogP contribution in [-0.4, -0.2) is 26.0 Å². The summed E-state index contributed by atoms with van der Waals surface area (Å²) in [6, 6.07) is 16.6. The van der Waals surface area contributed by atoms with Gasteiger partial charge in [-0.25, -0.2) is 0 Å². The highest BCUT2D eigenvalue weighted by molar-refractivity contribution is 5.95. The number of carbonyl (C=O) groups is 1. The van der Waals surface area contributed by atoms with Crippen LogP contribution in [0.15, 0.2) is 48.5 Å². The maximum atomic E-state index is 11.9. The van der Waals surface area contributed by atoms with Crippen molar-refractivity contribution in [3.63, 3.8) is 0 Å².